The zero-order valence-corrected chi connectivity index (χ0v) is 13.6. The number of thiophene rings is 1. The van der Waals surface area contributed by atoms with Crippen molar-refractivity contribution < 1.29 is 4.39 Å². The van der Waals surface area contributed by atoms with E-state index >= 15 is 0 Å². The van der Waals surface area contributed by atoms with Gasteiger partial charge in [0.05, 0.1) is 9.83 Å². The molecule has 0 aliphatic heterocycles. The highest BCUT2D eigenvalue weighted by molar-refractivity contribution is 9.11. The molecule has 2 aromatic rings. The average Bonchev–Trinajstić information content (AvgIpc) is 2.78. The molecule has 0 saturated heterocycles. The van der Waals surface area contributed by atoms with Crippen molar-refractivity contribution in [3.63, 3.8) is 0 Å². The first kappa shape index (κ1) is 15.0. The topological polar surface area (TPSA) is 12.0 Å². The fraction of sp³-hybridized carbons (Fsp3) is 0.286. The predicted octanol–water partition coefficient (Wildman–Crippen LogP) is 5.39. The molecule has 0 bridgehead atoms. The highest BCUT2D eigenvalue weighted by Crippen LogP contribution is 2.34. The summed E-state index contributed by atoms with van der Waals surface area (Å²) >= 11 is 11.3. The number of halogens is 3. The molecule has 19 heavy (non-hydrogen) atoms. The van der Waals surface area contributed by atoms with Gasteiger partial charge in [0.15, 0.2) is 0 Å². The van der Waals surface area contributed by atoms with Crippen LogP contribution in [0.25, 0.3) is 0 Å². The lowest BCUT2D eigenvalue weighted by Gasteiger charge is -2.19. The first-order valence-electron chi connectivity index (χ1n) is 6.05. The van der Waals surface area contributed by atoms with Crippen molar-refractivity contribution >= 4 is 38.9 Å². The van der Waals surface area contributed by atoms with Gasteiger partial charge in [0.25, 0.3) is 0 Å². The van der Waals surface area contributed by atoms with Crippen molar-refractivity contribution in [2.75, 3.05) is 6.54 Å². The molecular weight excluding hydrogens is 349 g/mol. The van der Waals surface area contributed by atoms with Crippen molar-refractivity contribution in [2.24, 2.45) is 0 Å². The minimum absolute atomic E-state index is 0.00403. The molecule has 1 atom stereocenters. The molecule has 0 saturated carbocycles. The van der Waals surface area contributed by atoms with Crippen molar-refractivity contribution in [2.45, 2.75) is 19.4 Å². The molecule has 102 valence electrons. The predicted molar refractivity (Wildman–Crippen MR) is 83.6 cm³/mol. The van der Waals surface area contributed by atoms with Gasteiger partial charge in [-0.2, -0.15) is 0 Å². The molecule has 2 rings (SSSR count). The lowest BCUT2D eigenvalue weighted by atomic mass is 10.0. The second-order valence-electron chi connectivity index (χ2n) is 4.19. The van der Waals surface area contributed by atoms with Crippen LogP contribution in [0.1, 0.15) is 29.8 Å². The molecule has 1 aromatic carbocycles. The van der Waals surface area contributed by atoms with Crippen LogP contribution in [0.2, 0.25) is 5.02 Å². The first-order valence-corrected chi connectivity index (χ1v) is 8.04. The van der Waals surface area contributed by atoms with Crippen LogP contribution < -0.4 is 5.32 Å². The number of nitrogens with one attached hydrogen (secondary N) is 1. The molecule has 0 aliphatic carbocycles. The number of hydrogen-bond donors (Lipinski definition) is 1. The Labute approximate surface area is 129 Å². The van der Waals surface area contributed by atoms with E-state index in [1.54, 1.807) is 17.4 Å². The molecule has 1 nitrogen and oxygen atoms in total. The summed E-state index contributed by atoms with van der Waals surface area (Å²) < 4.78 is 14.2. The van der Waals surface area contributed by atoms with Crippen LogP contribution in [0.4, 0.5) is 4.39 Å². The summed E-state index contributed by atoms with van der Waals surface area (Å²) in [4.78, 5) is 1.16. The lowest BCUT2D eigenvalue weighted by Crippen LogP contribution is -2.22. The second kappa shape index (κ2) is 6.84. The molecule has 0 radical (unpaired) electrons. The molecule has 1 aromatic heterocycles. The summed E-state index contributed by atoms with van der Waals surface area (Å²) in [6, 6.07) is 8.63. The molecule has 5 heteroatoms. The molecule has 0 spiro atoms. The Morgan fingerprint density at radius 3 is 2.74 bits per heavy atom. The summed E-state index contributed by atoms with van der Waals surface area (Å²) in [7, 11) is 0. The van der Waals surface area contributed by atoms with Gasteiger partial charge in [-0.3, -0.25) is 0 Å². The number of rotatable bonds is 5. The average molecular weight is 363 g/mol. The second-order valence-corrected chi connectivity index (χ2v) is 7.10. The maximum absolute atomic E-state index is 13.2. The van der Waals surface area contributed by atoms with Crippen LogP contribution in [0.15, 0.2) is 34.1 Å². The third-order valence-corrected chi connectivity index (χ3v) is 4.77. The van der Waals surface area contributed by atoms with Gasteiger partial charge < -0.3 is 5.32 Å². The van der Waals surface area contributed by atoms with Gasteiger partial charge in [-0.1, -0.05) is 24.6 Å². The van der Waals surface area contributed by atoms with E-state index in [9.17, 15) is 4.39 Å². The normalized spacial score (nSPS) is 12.6. The maximum atomic E-state index is 13.2. The van der Waals surface area contributed by atoms with Crippen LogP contribution in [0, 0.1) is 5.82 Å². The van der Waals surface area contributed by atoms with E-state index in [2.05, 4.69) is 34.2 Å². The van der Waals surface area contributed by atoms with E-state index in [1.165, 1.54) is 12.1 Å². The Bertz CT molecular complexity index is 558. The first-order chi connectivity index (χ1) is 9.11. The number of hydrogen-bond acceptors (Lipinski definition) is 2. The van der Waals surface area contributed by atoms with E-state index in [-0.39, 0.29) is 11.9 Å². The summed E-state index contributed by atoms with van der Waals surface area (Å²) in [6.45, 7) is 2.99. The van der Waals surface area contributed by atoms with Gasteiger partial charge in [0.2, 0.25) is 0 Å². The van der Waals surface area contributed by atoms with Gasteiger partial charge in [0.1, 0.15) is 5.82 Å². The zero-order valence-electron chi connectivity index (χ0n) is 10.4. The van der Waals surface area contributed by atoms with Crippen molar-refractivity contribution in [1.29, 1.82) is 0 Å². The molecule has 0 aliphatic rings. The molecular formula is C14H14BrClFNS. The standard InChI is InChI=1S/C14H14BrClFNS/c1-2-7-18-14(12-5-6-13(15)19-12)10-4-3-9(17)8-11(10)16/h3-6,8,14,18H,2,7H2,1H3. The van der Waals surface area contributed by atoms with Gasteiger partial charge in [0, 0.05) is 9.90 Å². The summed E-state index contributed by atoms with van der Waals surface area (Å²) in [5.41, 5.74) is 0.908. The molecule has 0 amide bonds. The SMILES string of the molecule is CCCNC(c1ccc(Br)s1)c1ccc(F)cc1Cl. The largest absolute Gasteiger partial charge is 0.306 e. The van der Waals surface area contributed by atoms with Gasteiger partial charge in [-0.25, -0.2) is 4.39 Å². The van der Waals surface area contributed by atoms with Crippen LogP contribution in [0.5, 0.6) is 0 Å². The van der Waals surface area contributed by atoms with Crippen molar-refractivity contribution in [3.8, 4) is 0 Å². The molecule has 1 N–H and O–H groups in total. The van der Waals surface area contributed by atoms with Crippen LogP contribution >= 0.6 is 38.9 Å². The van der Waals surface area contributed by atoms with E-state index in [0.717, 1.165) is 27.2 Å². The summed E-state index contributed by atoms with van der Waals surface area (Å²) in [6.07, 6.45) is 1.03. The summed E-state index contributed by atoms with van der Waals surface area (Å²) in [5, 5.41) is 3.91. The van der Waals surface area contributed by atoms with E-state index in [4.69, 9.17) is 11.6 Å². The molecule has 1 unspecified atom stereocenters. The van der Waals surface area contributed by atoms with Crippen LogP contribution in [-0.2, 0) is 0 Å². The fourth-order valence-electron chi connectivity index (χ4n) is 1.87. The molecule has 1 heterocycles. The van der Waals surface area contributed by atoms with Gasteiger partial charge in [-0.15, -0.1) is 11.3 Å². The minimum Gasteiger partial charge on any atom is -0.306 e. The van der Waals surface area contributed by atoms with E-state index in [1.807, 2.05) is 6.07 Å². The number of benzene rings is 1. The third-order valence-electron chi connectivity index (χ3n) is 2.75. The Morgan fingerprint density at radius 2 is 2.16 bits per heavy atom. The van der Waals surface area contributed by atoms with E-state index in [0.29, 0.717) is 5.02 Å². The zero-order chi connectivity index (χ0) is 13.8. The Morgan fingerprint density at radius 1 is 1.37 bits per heavy atom. The van der Waals surface area contributed by atoms with Gasteiger partial charge in [-0.05, 0) is 58.7 Å². The quantitative estimate of drug-likeness (QED) is 0.751. The van der Waals surface area contributed by atoms with Crippen molar-refractivity contribution in [1.82, 2.24) is 5.32 Å². The van der Waals surface area contributed by atoms with E-state index < -0.39 is 0 Å². The van der Waals surface area contributed by atoms with Crippen LogP contribution in [-0.4, -0.2) is 6.54 Å². The third kappa shape index (κ3) is 3.78. The Hall–Kier alpha value is -0.420. The minimum atomic E-state index is -0.310. The maximum Gasteiger partial charge on any atom is 0.124 e. The Balaban J connectivity index is 2.36. The molecule has 0 fully saturated rings. The lowest BCUT2D eigenvalue weighted by molar-refractivity contribution is 0.599. The van der Waals surface area contributed by atoms with Crippen LogP contribution in [0.3, 0.4) is 0 Å². The highest BCUT2D eigenvalue weighted by atomic mass is 79.9. The highest BCUT2D eigenvalue weighted by Gasteiger charge is 2.18. The monoisotopic (exact) mass is 361 g/mol. The van der Waals surface area contributed by atoms with Gasteiger partial charge >= 0.3 is 0 Å². The Kier molecular flexibility index (Phi) is 5.39. The summed E-state index contributed by atoms with van der Waals surface area (Å²) in [5.74, 6) is -0.310. The smallest absolute Gasteiger partial charge is 0.124 e. The van der Waals surface area contributed by atoms with Crippen molar-refractivity contribution in [3.05, 3.63) is 55.4 Å². The fourth-order valence-corrected chi connectivity index (χ4v) is 3.67.